The average Bonchev–Trinajstić information content (AvgIpc) is 2.67. The molecule has 32 heavy (non-hydrogen) atoms. The Hall–Kier alpha value is -1.45. The Balaban J connectivity index is 1.81. The monoisotopic (exact) mass is 516 g/mol. The van der Waals surface area contributed by atoms with Gasteiger partial charge in [-0.1, -0.05) is 41.0 Å². The third-order valence-corrected chi connectivity index (χ3v) is 8.22. The quantitative estimate of drug-likeness (QED) is 0.521. The molecule has 1 heterocycles. The number of amides is 1. The van der Waals surface area contributed by atoms with E-state index in [4.69, 9.17) is 27.9 Å². The van der Waals surface area contributed by atoms with Crippen LogP contribution in [0.3, 0.4) is 0 Å². The molecule has 2 aromatic rings. The molecule has 1 fully saturated rings. The lowest BCUT2D eigenvalue weighted by atomic mass is 10.2. The van der Waals surface area contributed by atoms with Crippen molar-refractivity contribution in [3.8, 4) is 0 Å². The van der Waals surface area contributed by atoms with Crippen molar-refractivity contribution in [2.45, 2.75) is 48.0 Å². The fraction of sp³-hybridized carbons (Fsp3) is 0.409. The van der Waals surface area contributed by atoms with E-state index in [0.717, 1.165) is 10.5 Å². The molecule has 0 bridgehead atoms. The van der Waals surface area contributed by atoms with Gasteiger partial charge in [0.15, 0.2) is 0 Å². The van der Waals surface area contributed by atoms with Gasteiger partial charge in [-0.15, -0.1) is 0 Å². The average molecular weight is 518 g/mol. The number of nitrogens with zero attached hydrogens (tertiary/aromatic N) is 2. The van der Waals surface area contributed by atoms with Crippen LogP contribution >= 0.6 is 35.0 Å². The molecule has 0 unspecified atom stereocenters. The van der Waals surface area contributed by atoms with Gasteiger partial charge in [-0.25, -0.2) is 13.2 Å². The maximum Gasteiger partial charge on any atom is 0.410 e. The summed E-state index contributed by atoms with van der Waals surface area (Å²) in [7, 11) is -3.77. The third-order valence-electron chi connectivity index (χ3n) is 4.67. The first-order valence-corrected chi connectivity index (χ1v) is 13.1. The fourth-order valence-corrected chi connectivity index (χ4v) is 6.79. The molecule has 0 aromatic heterocycles. The van der Waals surface area contributed by atoms with E-state index < -0.39 is 21.7 Å². The molecular formula is C22H26Cl2N2O4S2. The van der Waals surface area contributed by atoms with Gasteiger partial charge in [-0.05, 0) is 63.6 Å². The summed E-state index contributed by atoms with van der Waals surface area (Å²) < 4.78 is 33.8. The number of sulfonamides is 1. The summed E-state index contributed by atoms with van der Waals surface area (Å²) in [5.41, 5.74) is 0.237. The molecule has 0 atom stereocenters. The van der Waals surface area contributed by atoms with Gasteiger partial charge in [-0.3, -0.25) is 0 Å². The molecule has 10 heteroatoms. The summed E-state index contributed by atoms with van der Waals surface area (Å²) >= 11 is 13.5. The van der Waals surface area contributed by atoms with Crippen LogP contribution in [0, 0.1) is 6.92 Å². The fourth-order valence-electron chi connectivity index (χ4n) is 3.19. The van der Waals surface area contributed by atoms with Gasteiger partial charge in [0.2, 0.25) is 10.0 Å². The molecule has 0 radical (unpaired) electrons. The maximum absolute atomic E-state index is 13.5. The smallest absolute Gasteiger partial charge is 0.410 e. The van der Waals surface area contributed by atoms with Crippen molar-refractivity contribution in [1.29, 1.82) is 0 Å². The predicted molar refractivity (Wildman–Crippen MR) is 128 cm³/mol. The number of carbonyl (C=O) groups excluding carboxylic acids is 1. The zero-order valence-corrected chi connectivity index (χ0v) is 21.5. The lowest BCUT2D eigenvalue weighted by Gasteiger charge is -2.35. The van der Waals surface area contributed by atoms with Crippen molar-refractivity contribution in [2.75, 3.05) is 26.2 Å². The standard InChI is InChI=1S/C22H26Cl2N2O4S2/c1-15-5-6-19(31-18-13-16(23)12-17(24)14-18)20(11-15)32(28,29)26-9-7-25(8-10-26)21(27)30-22(2,3)4/h5-6,11-14H,7-10H2,1-4H3. The lowest BCUT2D eigenvalue weighted by molar-refractivity contribution is 0.0192. The lowest BCUT2D eigenvalue weighted by Crippen LogP contribution is -2.51. The molecule has 1 aliphatic heterocycles. The number of benzene rings is 2. The molecule has 174 valence electrons. The molecule has 1 saturated heterocycles. The van der Waals surface area contributed by atoms with Crippen LogP contribution in [0.4, 0.5) is 4.79 Å². The van der Waals surface area contributed by atoms with Gasteiger partial charge in [0.1, 0.15) is 5.60 Å². The highest BCUT2D eigenvalue weighted by molar-refractivity contribution is 8.00. The van der Waals surface area contributed by atoms with E-state index in [1.165, 1.54) is 21.0 Å². The van der Waals surface area contributed by atoms with Crippen molar-refractivity contribution in [3.63, 3.8) is 0 Å². The largest absolute Gasteiger partial charge is 0.444 e. The summed E-state index contributed by atoms with van der Waals surface area (Å²) in [4.78, 5) is 15.4. The summed E-state index contributed by atoms with van der Waals surface area (Å²) in [5, 5.41) is 0.963. The Morgan fingerprint density at radius 1 is 1.00 bits per heavy atom. The number of aryl methyl sites for hydroxylation is 1. The predicted octanol–water partition coefficient (Wildman–Crippen LogP) is 5.69. The first-order valence-electron chi connectivity index (χ1n) is 10.1. The van der Waals surface area contributed by atoms with Crippen LogP contribution in [0.15, 0.2) is 51.1 Å². The first-order chi connectivity index (χ1) is 14.8. The summed E-state index contributed by atoms with van der Waals surface area (Å²) in [6.07, 6.45) is -0.431. The minimum Gasteiger partial charge on any atom is -0.444 e. The Bertz CT molecular complexity index is 1090. The van der Waals surface area contributed by atoms with E-state index in [-0.39, 0.29) is 31.1 Å². The van der Waals surface area contributed by atoms with Crippen molar-refractivity contribution >= 4 is 51.1 Å². The highest BCUT2D eigenvalue weighted by Gasteiger charge is 2.33. The zero-order chi connectivity index (χ0) is 23.7. The Kier molecular flexibility index (Phi) is 7.72. The van der Waals surface area contributed by atoms with E-state index in [2.05, 4.69) is 0 Å². The number of carbonyl (C=O) groups is 1. The van der Waals surface area contributed by atoms with E-state index >= 15 is 0 Å². The second-order valence-corrected chi connectivity index (χ2v) is 12.4. The van der Waals surface area contributed by atoms with Crippen LogP contribution in [-0.2, 0) is 14.8 Å². The summed E-state index contributed by atoms with van der Waals surface area (Å²) in [6.45, 7) is 8.19. The number of halogens is 2. The number of ether oxygens (including phenoxy) is 1. The highest BCUT2D eigenvalue weighted by atomic mass is 35.5. The number of hydrogen-bond acceptors (Lipinski definition) is 5. The highest BCUT2D eigenvalue weighted by Crippen LogP contribution is 2.37. The normalized spacial score (nSPS) is 15.6. The Morgan fingerprint density at radius 2 is 1.59 bits per heavy atom. The van der Waals surface area contributed by atoms with Crippen LogP contribution < -0.4 is 0 Å². The minimum absolute atomic E-state index is 0.197. The molecule has 2 aromatic carbocycles. The Morgan fingerprint density at radius 3 is 2.16 bits per heavy atom. The molecule has 0 saturated carbocycles. The molecule has 0 N–H and O–H groups in total. The summed E-state index contributed by atoms with van der Waals surface area (Å²) in [5.74, 6) is 0. The number of piperazine rings is 1. The molecule has 0 aliphatic carbocycles. The SMILES string of the molecule is Cc1ccc(Sc2cc(Cl)cc(Cl)c2)c(S(=O)(=O)N2CCN(C(=O)OC(C)(C)C)CC2)c1. The van der Waals surface area contributed by atoms with Crippen molar-refractivity contribution in [1.82, 2.24) is 9.21 Å². The molecular weight excluding hydrogens is 491 g/mol. The molecule has 3 rings (SSSR count). The van der Waals surface area contributed by atoms with E-state index in [1.54, 1.807) is 51.1 Å². The van der Waals surface area contributed by atoms with Gasteiger partial charge >= 0.3 is 6.09 Å². The topological polar surface area (TPSA) is 66.9 Å². The van der Waals surface area contributed by atoms with Crippen LogP contribution in [-0.4, -0.2) is 55.5 Å². The van der Waals surface area contributed by atoms with Gasteiger partial charge in [-0.2, -0.15) is 4.31 Å². The molecule has 1 aliphatic rings. The van der Waals surface area contributed by atoms with E-state index in [0.29, 0.717) is 14.9 Å². The number of hydrogen-bond donors (Lipinski definition) is 0. The van der Waals surface area contributed by atoms with E-state index in [1.807, 2.05) is 13.0 Å². The summed E-state index contributed by atoms with van der Waals surface area (Å²) in [6, 6.07) is 10.4. The molecule has 6 nitrogen and oxygen atoms in total. The van der Waals surface area contributed by atoms with Crippen LogP contribution in [0.5, 0.6) is 0 Å². The second kappa shape index (κ2) is 9.81. The van der Waals surface area contributed by atoms with Crippen LogP contribution in [0.2, 0.25) is 10.0 Å². The van der Waals surface area contributed by atoms with E-state index in [9.17, 15) is 13.2 Å². The first kappa shape index (κ1) is 25.2. The Labute approximate surface area is 203 Å². The second-order valence-electron chi connectivity index (χ2n) is 8.53. The maximum atomic E-state index is 13.5. The molecule has 0 spiro atoms. The van der Waals surface area contributed by atoms with Crippen molar-refractivity contribution in [2.24, 2.45) is 0 Å². The molecule has 1 amide bonds. The van der Waals surface area contributed by atoms with Crippen molar-refractivity contribution in [3.05, 3.63) is 52.0 Å². The number of rotatable bonds is 4. The van der Waals surface area contributed by atoms with Crippen molar-refractivity contribution < 1.29 is 17.9 Å². The van der Waals surface area contributed by atoms with Gasteiger partial charge in [0.05, 0.1) is 4.90 Å². The minimum atomic E-state index is -3.77. The third kappa shape index (κ3) is 6.32. The van der Waals surface area contributed by atoms with Gasteiger partial charge in [0, 0.05) is 46.0 Å². The van der Waals surface area contributed by atoms with Crippen LogP contribution in [0.1, 0.15) is 26.3 Å². The zero-order valence-electron chi connectivity index (χ0n) is 18.4. The van der Waals surface area contributed by atoms with Gasteiger partial charge in [0.25, 0.3) is 0 Å². The van der Waals surface area contributed by atoms with Gasteiger partial charge < -0.3 is 9.64 Å². The van der Waals surface area contributed by atoms with Crippen LogP contribution in [0.25, 0.3) is 0 Å².